The predicted octanol–water partition coefficient (Wildman–Crippen LogP) is -2.25. The van der Waals surface area contributed by atoms with Gasteiger partial charge in [-0.15, -0.1) is 0 Å². The topological polar surface area (TPSA) is 125 Å². The molecule has 1 unspecified atom stereocenters. The van der Waals surface area contributed by atoms with Crippen LogP contribution in [0, 0.1) is 0 Å². The SMILES string of the molecule is COC(CNC(=O)CN1C(=O)CNC1=O)C(=O)O. The van der Waals surface area contributed by atoms with E-state index in [9.17, 15) is 19.2 Å². The van der Waals surface area contributed by atoms with Crippen LogP contribution < -0.4 is 10.6 Å². The highest BCUT2D eigenvalue weighted by atomic mass is 16.5. The van der Waals surface area contributed by atoms with Gasteiger partial charge in [-0.3, -0.25) is 14.5 Å². The zero-order valence-corrected chi connectivity index (χ0v) is 9.63. The molecule has 1 heterocycles. The summed E-state index contributed by atoms with van der Waals surface area (Å²) in [6.45, 7) is -0.822. The van der Waals surface area contributed by atoms with Gasteiger partial charge in [0.05, 0.1) is 13.1 Å². The van der Waals surface area contributed by atoms with Crippen LogP contribution in [0.3, 0.4) is 0 Å². The third kappa shape index (κ3) is 3.42. The first kappa shape index (κ1) is 13.9. The third-order valence-electron chi connectivity index (χ3n) is 2.28. The number of rotatable bonds is 6. The fourth-order valence-corrected chi connectivity index (χ4v) is 1.29. The molecule has 1 atom stereocenters. The Morgan fingerprint density at radius 1 is 1.56 bits per heavy atom. The van der Waals surface area contributed by atoms with E-state index in [2.05, 4.69) is 15.4 Å². The largest absolute Gasteiger partial charge is 0.479 e. The van der Waals surface area contributed by atoms with Crippen molar-refractivity contribution in [2.24, 2.45) is 0 Å². The predicted molar refractivity (Wildman–Crippen MR) is 56.6 cm³/mol. The highest BCUT2D eigenvalue weighted by molar-refractivity contribution is 6.04. The summed E-state index contributed by atoms with van der Waals surface area (Å²) < 4.78 is 4.60. The Balaban J connectivity index is 2.40. The highest BCUT2D eigenvalue weighted by Gasteiger charge is 2.30. The van der Waals surface area contributed by atoms with Crippen LogP contribution in [0.5, 0.6) is 0 Å². The Morgan fingerprint density at radius 3 is 2.67 bits per heavy atom. The van der Waals surface area contributed by atoms with Crippen molar-refractivity contribution < 1.29 is 29.0 Å². The Bertz CT molecular complexity index is 366. The molecular weight excluding hydrogens is 246 g/mol. The molecule has 0 aliphatic carbocycles. The Labute approximate surface area is 102 Å². The van der Waals surface area contributed by atoms with E-state index in [-0.39, 0.29) is 13.1 Å². The van der Waals surface area contributed by atoms with Crippen LogP contribution in [0.25, 0.3) is 0 Å². The first-order valence-corrected chi connectivity index (χ1v) is 5.06. The van der Waals surface area contributed by atoms with Crippen molar-refractivity contribution in [3.63, 3.8) is 0 Å². The molecule has 0 saturated carbocycles. The number of urea groups is 1. The molecule has 1 rings (SSSR count). The van der Waals surface area contributed by atoms with E-state index in [1.54, 1.807) is 0 Å². The summed E-state index contributed by atoms with van der Waals surface area (Å²) in [5, 5.41) is 13.2. The quantitative estimate of drug-likeness (QED) is 0.463. The van der Waals surface area contributed by atoms with E-state index < -0.39 is 36.5 Å². The second-order valence-electron chi connectivity index (χ2n) is 3.51. The number of nitrogens with zero attached hydrogens (tertiary/aromatic N) is 1. The van der Waals surface area contributed by atoms with Crippen LogP contribution in [0.4, 0.5) is 4.79 Å². The number of carbonyl (C=O) groups is 4. The van der Waals surface area contributed by atoms with Gasteiger partial charge < -0.3 is 20.5 Å². The van der Waals surface area contributed by atoms with E-state index in [0.29, 0.717) is 0 Å². The molecular formula is C9H13N3O6. The molecule has 1 aliphatic rings. The van der Waals surface area contributed by atoms with Crippen molar-refractivity contribution in [2.75, 3.05) is 26.7 Å². The maximum absolute atomic E-state index is 11.4. The molecule has 0 aromatic carbocycles. The van der Waals surface area contributed by atoms with E-state index in [1.807, 2.05) is 0 Å². The zero-order chi connectivity index (χ0) is 13.7. The second kappa shape index (κ2) is 5.96. The van der Waals surface area contributed by atoms with Gasteiger partial charge in [0.15, 0.2) is 6.10 Å². The third-order valence-corrected chi connectivity index (χ3v) is 2.28. The number of nitrogens with one attached hydrogen (secondary N) is 2. The van der Waals surface area contributed by atoms with Gasteiger partial charge in [-0.1, -0.05) is 0 Å². The molecule has 1 saturated heterocycles. The summed E-state index contributed by atoms with van der Waals surface area (Å²) in [5.41, 5.74) is 0. The summed E-state index contributed by atoms with van der Waals surface area (Å²) >= 11 is 0. The molecule has 1 fully saturated rings. The van der Waals surface area contributed by atoms with Crippen molar-refractivity contribution >= 4 is 23.8 Å². The molecule has 1 aliphatic heterocycles. The number of hydrogen-bond acceptors (Lipinski definition) is 5. The normalized spacial score (nSPS) is 16.4. The number of carbonyl (C=O) groups excluding carboxylic acids is 3. The van der Waals surface area contributed by atoms with E-state index in [1.165, 1.54) is 7.11 Å². The van der Waals surface area contributed by atoms with Gasteiger partial charge in [-0.05, 0) is 0 Å². The smallest absolute Gasteiger partial charge is 0.334 e. The van der Waals surface area contributed by atoms with Crippen LogP contribution in [0.15, 0.2) is 0 Å². The zero-order valence-electron chi connectivity index (χ0n) is 9.63. The van der Waals surface area contributed by atoms with Crippen LogP contribution in [-0.2, 0) is 19.1 Å². The van der Waals surface area contributed by atoms with E-state index >= 15 is 0 Å². The molecule has 9 nitrogen and oxygen atoms in total. The molecule has 0 aromatic rings. The van der Waals surface area contributed by atoms with Crippen molar-refractivity contribution in [1.82, 2.24) is 15.5 Å². The Morgan fingerprint density at radius 2 is 2.22 bits per heavy atom. The lowest BCUT2D eigenvalue weighted by Gasteiger charge is -2.14. The molecule has 18 heavy (non-hydrogen) atoms. The fourth-order valence-electron chi connectivity index (χ4n) is 1.29. The van der Waals surface area contributed by atoms with Gasteiger partial charge in [-0.2, -0.15) is 0 Å². The van der Waals surface area contributed by atoms with Gasteiger partial charge >= 0.3 is 12.0 Å². The first-order chi connectivity index (χ1) is 8.45. The number of imide groups is 1. The minimum absolute atomic E-state index is 0.137. The minimum Gasteiger partial charge on any atom is -0.479 e. The number of hydrogen-bond donors (Lipinski definition) is 3. The van der Waals surface area contributed by atoms with Crippen molar-refractivity contribution in [2.45, 2.75) is 6.10 Å². The average molecular weight is 259 g/mol. The molecule has 0 radical (unpaired) electrons. The molecule has 4 amide bonds. The molecule has 100 valence electrons. The second-order valence-corrected chi connectivity index (χ2v) is 3.51. The van der Waals surface area contributed by atoms with Crippen molar-refractivity contribution in [1.29, 1.82) is 0 Å². The Kier molecular flexibility index (Phi) is 4.60. The van der Waals surface area contributed by atoms with E-state index in [0.717, 1.165) is 4.90 Å². The van der Waals surface area contributed by atoms with Crippen molar-refractivity contribution in [3.05, 3.63) is 0 Å². The number of ether oxygens (including phenoxy) is 1. The average Bonchev–Trinajstić information content (AvgIpc) is 2.61. The number of carboxylic acid groups (broad SMARTS) is 1. The first-order valence-electron chi connectivity index (χ1n) is 5.06. The Hall–Kier alpha value is -2.16. The summed E-state index contributed by atoms with van der Waals surface area (Å²) in [7, 11) is 1.20. The van der Waals surface area contributed by atoms with Crippen LogP contribution in [0.1, 0.15) is 0 Å². The maximum Gasteiger partial charge on any atom is 0.334 e. The molecule has 0 spiro atoms. The van der Waals surface area contributed by atoms with Crippen LogP contribution in [-0.4, -0.2) is 66.7 Å². The van der Waals surface area contributed by atoms with Gasteiger partial charge in [0, 0.05) is 7.11 Å². The van der Waals surface area contributed by atoms with Gasteiger partial charge in [0.1, 0.15) is 6.54 Å². The maximum atomic E-state index is 11.4. The minimum atomic E-state index is -1.22. The summed E-state index contributed by atoms with van der Waals surface area (Å²) in [6, 6.07) is -0.642. The summed E-state index contributed by atoms with van der Waals surface area (Å²) in [4.78, 5) is 45.0. The molecule has 3 N–H and O–H groups in total. The number of carboxylic acids is 1. The van der Waals surface area contributed by atoms with Gasteiger partial charge in [-0.25, -0.2) is 9.59 Å². The van der Waals surface area contributed by atoms with Crippen molar-refractivity contribution in [3.8, 4) is 0 Å². The molecule has 9 heteroatoms. The van der Waals surface area contributed by atoms with Crippen LogP contribution in [0.2, 0.25) is 0 Å². The molecule has 0 aromatic heterocycles. The summed E-state index contributed by atoms with van der Waals surface area (Å²) in [6.07, 6.45) is -1.17. The highest BCUT2D eigenvalue weighted by Crippen LogP contribution is 1.98. The number of amides is 4. The lowest BCUT2D eigenvalue weighted by atomic mass is 10.3. The standard InChI is InChI=1S/C9H13N3O6/c1-18-5(8(15)16)2-10-6(13)4-12-7(14)3-11-9(12)17/h5H,2-4H2,1H3,(H,10,13)(H,11,17)(H,15,16). The lowest BCUT2D eigenvalue weighted by molar-refractivity contribution is -0.148. The number of aliphatic carboxylic acids is 1. The van der Waals surface area contributed by atoms with Gasteiger partial charge in [0.25, 0.3) is 5.91 Å². The van der Waals surface area contributed by atoms with E-state index in [4.69, 9.17) is 5.11 Å². The summed E-state index contributed by atoms with van der Waals surface area (Å²) in [5.74, 6) is -2.35. The fraction of sp³-hybridized carbons (Fsp3) is 0.556. The molecule has 0 bridgehead atoms. The monoisotopic (exact) mass is 259 g/mol. The number of methoxy groups -OCH3 is 1. The van der Waals surface area contributed by atoms with Gasteiger partial charge in [0.2, 0.25) is 5.91 Å². The van der Waals surface area contributed by atoms with Crippen LogP contribution >= 0.6 is 0 Å². The lowest BCUT2D eigenvalue weighted by Crippen LogP contribution is -2.44.